The van der Waals surface area contributed by atoms with Crippen LogP contribution < -0.4 is 25.5 Å². The first-order valence-corrected chi connectivity index (χ1v) is 26.0. The lowest BCUT2D eigenvalue weighted by atomic mass is 9.72. The van der Waals surface area contributed by atoms with E-state index in [2.05, 4.69) is 106 Å². The van der Waals surface area contributed by atoms with Gasteiger partial charge in [0.15, 0.2) is 17.1 Å². The molecule has 0 aromatic heterocycles. The van der Waals surface area contributed by atoms with Gasteiger partial charge < -0.3 is 26.0 Å². The number of nitrogens with one attached hydrogen (secondary N) is 2. The molecule has 1 heterocycles. The summed E-state index contributed by atoms with van der Waals surface area (Å²) in [6.07, 6.45) is 4.76. The number of carbonyl (C=O) groups is 3. The number of rotatable bonds is 17. The van der Waals surface area contributed by atoms with Gasteiger partial charge in [0.25, 0.3) is 21.8 Å². The second-order valence-corrected chi connectivity index (χ2v) is 22.0. The number of hydrogen-bond donors (Lipinski definition) is 5. The normalized spacial score (nSPS) is 17.7. The first kappa shape index (κ1) is 51.7. The summed E-state index contributed by atoms with van der Waals surface area (Å²) in [5.74, 6) is -2.82. The van der Waals surface area contributed by atoms with Gasteiger partial charge in [-0.1, -0.05) is 108 Å². The van der Waals surface area contributed by atoms with E-state index in [1.807, 2.05) is 6.07 Å². The predicted octanol–water partition coefficient (Wildman–Crippen LogP) is 10.0. The molecule has 0 saturated carbocycles. The van der Waals surface area contributed by atoms with Crippen LogP contribution in [0.25, 0.3) is 5.70 Å². The number of aliphatic imine (C=N–C) groups is 1. The molecule has 0 radical (unpaired) electrons. The van der Waals surface area contributed by atoms with Crippen molar-refractivity contribution in [3.63, 3.8) is 0 Å². The van der Waals surface area contributed by atoms with Gasteiger partial charge in [0.05, 0.1) is 37.5 Å². The number of aliphatic hydroxyl groups is 1. The highest BCUT2D eigenvalue weighted by molar-refractivity contribution is 9.11. The summed E-state index contributed by atoms with van der Waals surface area (Å²) in [6.45, 7) is 13.6. The fourth-order valence-corrected chi connectivity index (χ4v) is 10.6. The SMILES string of the molecule is CCC(C)(C)c1ccc(OCCCCC2C=C(NS(=O)(=O)c3cccc(C(=O)NC4=NN(c5ccccc5)C(=O)C4=Nc4cc(Br)c(O)c(Br)c4)c3)c3ccccc3C2(O)C(N)=O)c(C(C)(C)CC)c1. The third kappa shape index (κ3) is 10.6. The Kier molecular flexibility index (Phi) is 15.3. The fraction of sp³-hybridized carbons (Fsp3) is 0.302. The minimum absolute atomic E-state index is 0.00406. The summed E-state index contributed by atoms with van der Waals surface area (Å²) < 4.78 is 38.2. The summed E-state index contributed by atoms with van der Waals surface area (Å²) in [7, 11) is -4.44. The number of para-hydroxylation sites is 1. The molecule has 2 aliphatic rings. The number of fused-ring (bicyclic) bond motifs is 1. The van der Waals surface area contributed by atoms with Gasteiger partial charge in [0, 0.05) is 28.2 Å². The second kappa shape index (κ2) is 20.7. The first-order valence-electron chi connectivity index (χ1n) is 22.9. The maximum Gasteiger partial charge on any atom is 0.301 e. The van der Waals surface area contributed by atoms with Crippen LogP contribution in [-0.4, -0.2) is 54.5 Å². The number of anilines is 1. The summed E-state index contributed by atoms with van der Waals surface area (Å²) in [6, 6.07) is 29.6. The number of amides is 3. The topological polar surface area (TPSA) is 213 Å². The number of phenolic OH excluding ortho intramolecular Hbond substituents is 1. The Labute approximate surface area is 425 Å². The Balaban J connectivity index is 1.11. The van der Waals surface area contributed by atoms with E-state index in [0.717, 1.165) is 29.2 Å². The van der Waals surface area contributed by atoms with E-state index in [-0.39, 0.29) is 67.5 Å². The highest BCUT2D eigenvalue weighted by Gasteiger charge is 2.47. The molecular weight excluding hydrogens is 1040 g/mol. The lowest BCUT2D eigenvalue weighted by Crippen LogP contribution is -2.49. The third-order valence-electron chi connectivity index (χ3n) is 13.3. The number of phenols is 1. The summed E-state index contributed by atoms with van der Waals surface area (Å²) in [5, 5.41) is 30.5. The summed E-state index contributed by atoms with van der Waals surface area (Å²) in [5.41, 5.74) is 6.92. The molecular formula is C53H56Br2N6O8S. The highest BCUT2D eigenvalue weighted by Crippen LogP contribution is 2.44. The number of carbonyl (C=O) groups excluding carboxylic acids is 3. The van der Waals surface area contributed by atoms with E-state index in [0.29, 0.717) is 34.1 Å². The number of aromatic hydroxyl groups is 1. The molecule has 5 aromatic carbocycles. The molecule has 2 unspecified atom stereocenters. The van der Waals surface area contributed by atoms with Gasteiger partial charge in [-0.3, -0.25) is 19.1 Å². The smallest absolute Gasteiger partial charge is 0.301 e. The molecule has 0 saturated heterocycles. The second-order valence-electron chi connectivity index (χ2n) is 18.6. The summed E-state index contributed by atoms with van der Waals surface area (Å²) in [4.78, 5) is 45.1. The molecule has 366 valence electrons. The van der Waals surface area contributed by atoms with E-state index in [9.17, 15) is 33.0 Å². The molecule has 70 heavy (non-hydrogen) atoms. The Morgan fingerprint density at radius 1 is 0.886 bits per heavy atom. The van der Waals surface area contributed by atoms with Crippen molar-refractivity contribution in [1.29, 1.82) is 0 Å². The number of hydrogen-bond acceptors (Lipinski definition) is 10. The largest absolute Gasteiger partial charge is 0.506 e. The van der Waals surface area contributed by atoms with E-state index < -0.39 is 39.3 Å². The molecule has 14 nitrogen and oxygen atoms in total. The third-order valence-corrected chi connectivity index (χ3v) is 15.9. The quantitative estimate of drug-likeness (QED) is 0.0564. The summed E-state index contributed by atoms with van der Waals surface area (Å²) >= 11 is 6.54. The molecule has 3 amide bonds. The minimum Gasteiger partial charge on any atom is -0.506 e. The number of unbranched alkanes of at least 4 members (excludes halogenated alkanes) is 1. The van der Waals surface area contributed by atoms with Gasteiger partial charge in [0.2, 0.25) is 0 Å². The molecule has 1 aliphatic heterocycles. The van der Waals surface area contributed by atoms with E-state index >= 15 is 0 Å². The average molecular weight is 1100 g/mol. The monoisotopic (exact) mass is 1090 g/mol. The van der Waals surface area contributed by atoms with Gasteiger partial charge in [-0.2, -0.15) is 5.01 Å². The van der Waals surface area contributed by atoms with Crippen LogP contribution in [0.15, 0.2) is 139 Å². The van der Waals surface area contributed by atoms with E-state index in [1.165, 1.54) is 48.0 Å². The molecule has 5 aromatic rings. The zero-order valence-electron chi connectivity index (χ0n) is 39.7. The predicted molar refractivity (Wildman–Crippen MR) is 280 cm³/mol. The fourth-order valence-electron chi connectivity index (χ4n) is 8.26. The standard InChI is InChI=1S/C53H56Br2N6O8S/c1-7-51(3,4)33-24-25-44(40(28-33)52(5,6)8-2)69-26-15-14-18-34-29-43(38-22-12-13-23-39(38)53(34,66)50(56)65)60-70(67,68)37-21-16-17-32(27-37)48(63)58-47-45(57-35-30-41(54)46(62)42(55)31-35)49(64)61(59-47)36-19-10-9-11-20-36/h9-13,16-17,19-25,27-31,34,60,62,66H,7-8,14-15,18,26H2,1-6H3,(H2,56,65)(H,58,59,63). The lowest BCUT2D eigenvalue weighted by Gasteiger charge is -2.38. The van der Waals surface area contributed by atoms with Crippen LogP contribution in [-0.2, 0) is 36.0 Å². The minimum atomic E-state index is -4.44. The van der Waals surface area contributed by atoms with Crippen molar-refractivity contribution in [1.82, 2.24) is 10.0 Å². The highest BCUT2D eigenvalue weighted by atomic mass is 79.9. The molecule has 2 atom stereocenters. The van der Waals surface area contributed by atoms with Crippen molar-refractivity contribution in [2.45, 2.75) is 95.0 Å². The number of sulfonamides is 1. The molecule has 0 bridgehead atoms. The van der Waals surface area contributed by atoms with Crippen molar-refractivity contribution < 1.29 is 37.8 Å². The van der Waals surface area contributed by atoms with Crippen molar-refractivity contribution >= 4 is 88.2 Å². The number of ether oxygens (including phenoxy) is 1. The zero-order chi connectivity index (χ0) is 50.8. The first-order chi connectivity index (χ1) is 33.1. The van der Waals surface area contributed by atoms with Crippen LogP contribution in [0.5, 0.6) is 11.5 Å². The van der Waals surface area contributed by atoms with Crippen molar-refractivity contribution in [2.75, 3.05) is 11.6 Å². The number of nitrogens with two attached hydrogens (primary N) is 1. The Morgan fingerprint density at radius 2 is 1.56 bits per heavy atom. The van der Waals surface area contributed by atoms with Crippen molar-refractivity contribution in [3.8, 4) is 11.5 Å². The number of benzene rings is 5. The molecule has 0 fully saturated rings. The van der Waals surface area contributed by atoms with Crippen LogP contribution in [0.1, 0.15) is 106 Å². The Bertz CT molecular complexity index is 3040. The average Bonchev–Trinajstić information content (AvgIpc) is 3.64. The molecule has 6 N–H and O–H groups in total. The van der Waals surface area contributed by atoms with Crippen LogP contribution in [0.3, 0.4) is 0 Å². The molecule has 0 spiro atoms. The number of hydrazone groups is 1. The molecule has 7 rings (SSSR count). The Morgan fingerprint density at radius 3 is 2.23 bits per heavy atom. The van der Waals surface area contributed by atoms with Gasteiger partial charge in [-0.15, -0.1) is 5.10 Å². The van der Waals surface area contributed by atoms with Crippen molar-refractivity contribution in [3.05, 3.63) is 152 Å². The number of amidine groups is 1. The maximum absolute atomic E-state index is 14.3. The maximum atomic E-state index is 14.3. The Hall–Kier alpha value is -6.14. The molecule has 1 aliphatic carbocycles. The van der Waals surface area contributed by atoms with Gasteiger partial charge in [-0.25, -0.2) is 13.4 Å². The zero-order valence-corrected chi connectivity index (χ0v) is 43.7. The van der Waals surface area contributed by atoms with Crippen LogP contribution >= 0.6 is 31.9 Å². The molecule has 17 heteroatoms. The van der Waals surface area contributed by atoms with Crippen LogP contribution in [0, 0.1) is 5.92 Å². The van der Waals surface area contributed by atoms with E-state index in [1.54, 1.807) is 54.6 Å². The van der Waals surface area contributed by atoms with Gasteiger partial charge >= 0.3 is 5.91 Å². The van der Waals surface area contributed by atoms with Crippen molar-refractivity contribution in [2.24, 2.45) is 21.7 Å². The van der Waals surface area contributed by atoms with E-state index in [4.69, 9.17) is 10.5 Å². The van der Waals surface area contributed by atoms with Gasteiger partial charge in [0.1, 0.15) is 11.5 Å². The number of nitrogens with zero attached hydrogens (tertiary/aromatic N) is 3. The number of primary amides is 1. The van der Waals surface area contributed by atoms with Crippen LogP contribution in [0.2, 0.25) is 0 Å². The lowest BCUT2D eigenvalue weighted by molar-refractivity contribution is -0.142. The number of halogens is 2. The van der Waals surface area contributed by atoms with Crippen LogP contribution in [0.4, 0.5) is 11.4 Å². The van der Waals surface area contributed by atoms with Gasteiger partial charge in [-0.05, 0) is 129 Å².